The number of carboxylic acids is 1. The predicted octanol–water partition coefficient (Wildman–Crippen LogP) is 3.43. The second-order valence-electron chi connectivity index (χ2n) is 4.22. The van der Waals surface area contributed by atoms with Crippen LogP contribution in [0, 0.1) is 6.92 Å². The third-order valence-corrected chi connectivity index (χ3v) is 3.80. The van der Waals surface area contributed by atoms with Gasteiger partial charge < -0.3 is 15.2 Å². The number of carbonyl (C=O) groups excluding carboxylic acids is 1. The van der Waals surface area contributed by atoms with Gasteiger partial charge in [0.1, 0.15) is 10.6 Å². The third kappa shape index (κ3) is 4.21. The number of aromatic carboxylic acids is 1. The van der Waals surface area contributed by atoms with Crippen LogP contribution in [0.2, 0.25) is 5.02 Å². The van der Waals surface area contributed by atoms with E-state index in [9.17, 15) is 9.59 Å². The molecule has 0 unspecified atom stereocenters. The van der Waals surface area contributed by atoms with Crippen molar-refractivity contribution in [3.05, 3.63) is 45.8 Å². The van der Waals surface area contributed by atoms with Gasteiger partial charge in [0, 0.05) is 5.02 Å². The van der Waals surface area contributed by atoms with Crippen LogP contribution in [0.5, 0.6) is 5.75 Å². The number of hydrogen-bond donors (Lipinski definition) is 2. The van der Waals surface area contributed by atoms with Gasteiger partial charge in [0.05, 0.1) is 5.00 Å². The summed E-state index contributed by atoms with van der Waals surface area (Å²) >= 11 is 6.83. The van der Waals surface area contributed by atoms with Crippen LogP contribution >= 0.6 is 22.9 Å². The minimum Gasteiger partial charge on any atom is -0.483 e. The van der Waals surface area contributed by atoms with Gasteiger partial charge in [0.2, 0.25) is 0 Å². The predicted molar refractivity (Wildman–Crippen MR) is 81.6 cm³/mol. The second kappa shape index (κ2) is 6.60. The Kier molecular flexibility index (Phi) is 4.82. The van der Waals surface area contributed by atoms with Crippen LogP contribution < -0.4 is 10.1 Å². The first-order valence-corrected chi connectivity index (χ1v) is 7.17. The molecular weight excluding hydrogens is 314 g/mol. The Morgan fingerprint density at radius 3 is 2.71 bits per heavy atom. The van der Waals surface area contributed by atoms with Crippen molar-refractivity contribution in [2.24, 2.45) is 0 Å². The molecule has 1 heterocycles. The van der Waals surface area contributed by atoms with Gasteiger partial charge in [-0.25, -0.2) is 4.79 Å². The van der Waals surface area contributed by atoms with Gasteiger partial charge in [0.15, 0.2) is 6.61 Å². The van der Waals surface area contributed by atoms with Crippen LogP contribution in [0.25, 0.3) is 0 Å². The van der Waals surface area contributed by atoms with Gasteiger partial charge in [0.25, 0.3) is 5.91 Å². The number of carboxylic acid groups (broad SMARTS) is 1. The van der Waals surface area contributed by atoms with Gasteiger partial charge in [-0.2, -0.15) is 0 Å². The van der Waals surface area contributed by atoms with Gasteiger partial charge in [-0.3, -0.25) is 4.79 Å². The number of benzene rings is 1. The number of anilines is 1. The highest BCUT2D eigenvalue weighted by atomic mass is 35.5. The van der Waals surface area contributed by atoms with Crippen LogP contribution in [-0.4, -0.2) is 23.6 Å². The molecule has 0 bridgehead atoms. The number of nitrogens with one attached hydrogen (secondary N) is 1. The molecule has 0 saturated carbocycles. The second-order valence-corrected chi connectivity index (χ2v) is 5.74. The van der Waals surface area contributed by atoms with E-state index in [1.807, 2.05) is 6.92 Å². The SMILES string of the molecule is Cc1cc(Cl)ccc1OCC(=O)Nc1ccc(C(=O)O)s1. The summed E-state index contributed by atoms with van der Waals surface area (Å²) < 4.78 is 5.40. The molecule has 2 rings (SSSR count). The van der Waals surface area contributed by atoms with Crippen molar-refractivity contribution in [2.45, 2.75) is 6.92 Å². The van der Waals surface area contributed by atoms with E-state index in [1.54, 1.807) is 24.3 Å². The standard InChI is InChI=1S/C14H12ClNO4S/c1-8-6-9(15)2-3-10(8)20-7-12(17)16-13-5-4-11(21-13)14(18)19/h2-6H,7H2,1H3,(H,16,17)(H,18,19). The summed E-state index contributed by atoms with van der Waals surface area (Å²) in [6.07, 6.45) is 0. The highest BCUT2D eigenvalue weighted by molar-refractivity contribution is 7.18. The fourth-order valence-electron chi connectivity index (χ4n) is 1.61. The maximum Gasteiger partial charge on any atom is 0.345 e. The highest BCUT2D eigenvalue weighted by Gasteiger charge is 2.10. The van der Waals surface area contributed by atoms with Crippen LogP contribution in [0.15, 0.2) is 30.3 Å². The number of carbonyl (C=O) groups is 2. The average molecular weight is 326 g/mol. The van der Waals surface area contributed by atoms with E-state index in [0.717, 1.165) is 16.9 Å². The molecule has 21 heavy (non-hydrogen) atoms. The van der Waals surface area contributed by atoms with Crippen molar-refractivity contribution >= 4 is 39.8 Å². The highest BCUT2D eigenvalue weighted by Crippen LogP contribution is 2.23. The summed E-state index contributed by atoms with van der Waals surface area (Å²) in [4.78, 5) is 22.6. The zero-order chi connectivity index (χ0) is 15.4. The summed E-state index contributed by atoms with van der Waals surface area (Å²) in [6.45, 7) is 1.67. The molecule has 0 fully saturated rings. The van der Waals surface area contributed by atoms with E-state index < -0.39 is 5.97 Å². The van der Waals surface area contributed by atoms with E-state index in [-0.39, 0.29) is 17.4 Å². The number of hydrogen-bond acceptors (Lipinski definition) is 4. The summed E-state index contributed by atoms with van der Waals surface area (Å²) in [5.41, 5.74) is 0.833. The number of rotatable bonds is 5. The van der Waals surface area contributed by atoms with Crippen LogP contribution in [0.4, 0.5) is 5.00 Å². The molecule has 0 aliphatic rings. The van der Waals surface area contributed by atoms with Crippen molar-refractivity contribution in [1.82, 2.24) is 0 Å². The van der Waals surface area contributed by atoms with Crippen LogP contribution in [-0.2, 0) is 4.79 Å². The van der Waals surface area contributed by atoms with E-state index in [0.29, 0.717) is 15.8 Å². The Balaban J connectivity index is 1.91. The van der Waals surface area contributed by atoms with Crippen molar-refractivity contribution in [2.75, 3.05) is 11.9 Å². The Bertz CT molecular complexity index is 683. The molecule has 110 valence electrons. The zero-order valence-corrected chi connectivity index (χ0v) is 12.6. The number of aryl methyl sites for hydroxylation is 1. The van der Waals surface area contributed by atoms with E-state index >= 15 is 0 Å². The Morgan fingerprint density at radius 2 is 2.10 bits per heavy atom. The Hall–Kier alpha value is -2.05. The van der Waals surface area contributed by atoms with E-state index in [2.05, 4.69) is 5.32 Å². The van der Waals surface area contributed by atoms with Crippen LogP contribution in [0.1, 0.15) is 15.2 Å². The lowest BCUT2D eigenvalue weighted by Gasteiger charge is -2.09. The number of halogens is 1. The minimum absolute atomic E-state index is 0.164. The molecule has 1 aromatic carbocycles. The zero-order valence-electron chi connectivity index (χ0n) is 11.1. The largest absolute Gasteiger partial charge is 0.483 e. The normalized spacial score (nSPS) is 10.2. The molecule has 7 heteroatoms. The first-order valence-electron chi connectivity index (χ1n) is 5.97. The molecule has 0 radical (unpaired) electrons. The fraction of sp³-hybridized carbons (Fsp3) is 0.143. The molecule has 2 aromatic rings. The summed E-state index contributed by atoms with van der Waals surface area (Å²) in [7, 11) is 0. The Labute approximate surface area is 130 Å². The molecule has 0 atom stereocenters. The van der Waals surface area contributed by atoms with Crippen molar-refractivity contribution < 1.29 is 19.4 Å². The van der Waals surface area contributed by atoms with Crippen molar-refractivity contribution in [3.63, 3.8) is 0 Å². The maximum absolute atomic E-state index is 11.7. The molecule has 1 aromatic heterocycles. The van der Waals surface area contributed by atoms with Crippen LogP contribution in [0.3, 0.4) is 0 Å². The smallest absolute Gasteiger partial charge is 0.345 e. The van der Waals surface area contributed by atoms with Crippen molar-refractivity contribution in [3.8, 4) is 5.75 Å². The first-order chi connectivity index (χ1) is 9.95. The molecule has 0 saturated heterocycles. The molecule has 0 aliphatic carbocycles. The fourth-order valence-corrected chi connectivity index (χ4v) is 2.60. The molecule has 0 spiro atoms. The third-order valence-electron chi connectivity index (χ3n) is 2.58. The molecular formula is C14H12ClNO4S. The number of ether oxygens (including phenoxy) is 1. The van der Waals surface area contributed by atoms with Gasteiger partial charge in [-0.05, 0) is 42.8 Å². The molecule has 5 nitrogen and oxygen atoms in total. The monoisotopic (exact) mass is 325 g/mol. The molecule has 0 aliphatic heterocycles. The summed E-state index contributed by atoms with van der Waals surface area (Å²) in [5, 5.41) is 12.5. The lowest BCUT2D eigenvalue weighted by Crippen LogP contribution is -2.19. The molecule has 1 amide bonds. The minimum atomic E-state index is -1.02. The lowest BCUT2D eigenvalue weighted by atomic mass is 10.2. The van der Waals surface area contributed by atoms with E-state index in [1.165, 1.54) is 6.07 Å². The van der Waals surface area contributed by atoms with Gasteiger partial charge in [-0.15, -0.1) is 11.3 Å². The lowest BCUT2D eigenvalue weighted by molar-refractivity contribution is -0.118. The number of thiophene rings is 1. The average Bonchev–Trinajstić information content (AvgIpc) is 2.86. The molecule has 2 N–H and O–H groups in total. The van der Waals surface area contributed by atoms with Crippen molar-refractivity contribution in [1.29, 1.82) is 0 Å². The Morgan fingerprint density at radius 1 is 1.33 bits per heavy atom. The van der Waals surface area contributed by atoms with Gasteiger partial charge >= 0.3 is 5.97 Å². The van der Waals surface area contributed by atoms with Gasteiger partial charge in [-0.1, -0.05) is 11.6 Å². The topological polar surface area (TPSA) is 75.6 Å². The number of amides is 1. The first kappa shape index (κ1) is 15.3. The summed E-state index contributed by atoms with van der Waals surface area (Å²) in [5.74, 6) is -0.802. The maximum atomic E-state index is 11.7. The van der Waals surface area contributed by atoms with E-state index in [4.69, 9.17) is 21.4 Å². The summed E-state index contributed by atoms with van der Waals surface area (Å²) in [6, 6.07) is 8.10. The quantitative estimate of drug-likeness (QED) is 0.883.